The third-order valence-electron chi connectivity index (χ3n) is 5.20. The Labute approximate surface area is 162 Å². The molecule has 0 radical (unpaired) electrons. The molecule has 1 N–H and O–H groups in total. The number of aromatic nitrogens is 2. The predicted molar refractivity (Wildman–Crippen MR) is 105 cm³/mol. The summed E-state index contributed by atoms with van der Waals surface area (Å²) in [6, 6.07) is 13.5. The van der Waals surface area contributed by atoms with Crippen molar-refractivity contribution in [2.75, 3.05) is 11.9 Å². The summed E-state index contributed by atoms with van der Waals surface area (Å²) < 4.78 is 40.6. The van der Waals surface area contributed by atoms with Crippen LogP contribution in [0.5, 0.6) is 0 Å². The van der Waals surface area contributed by atoms with Gasteiger partial charge in [-0.15, -0.1) is 0 Å². The van der Waals surface area contributed by atoms with Gasteiger partial charge in [-0.3, -0.25) is 0 Å². The second kappa shape index (κ2) is 7.34. The van der Waals surface area contributed by atoms with Crippen LogP contribution in [0.2, 0.25) is 0 Å². The molecular formula is C22H22F3N3. The van der Waals surface area contributed by atoms with Crippen LogP contribution in [0.15, 0.2) is 48.5 Å². The van der Waals surface area contributed by atoms with E-state index >= 15 is 0 Å². The van der Waals surface area contributed by atoms with Gasteiger partial charge in [0.05, 0.1) is 16.9 Å². The molecule has 0 atom stereocenters. The van der Waals surface area contributed by atoms with Gasteiger partial charge in [0.25, 0.3) is 0 Å². The molecule has 0 amide bonds. The van der Waals surface area contributed by atoms with Gasteiger partial charge >= 0.3 is 6.18 Å². The summed E-state index contributed by atoms with van der Waals surface area (Å²) in [5, 5.41) is 8.26. The normalized spacial score (nSPS) is 14.3. The van der Waals surface area contributed by atoms with Gasteiger partial charge < -0.3 is 5.32 Å². The van der Waals surface area contributed by atoms with Crippen LogP contribution in [-0.2, 0) is 19.0 Å². The Kier molecular flexibility index (Phi) is 4.87. The van der Waals surface area contributed by atoms with Crippen molar-refractivity contribution in [1.82, 2.24) is 9.78 Å². The van der Waals surface area contributed by atoms with Gasteiger partial charge in [-0.2, -0.15) is 18.3 Å². The highest BCUT2D eigenvalue weighted by Gasteiger charge is 2.30. The minimum Gasteiger partial charge on any atom is -0.370 e. The molecular weight excluding hydrogens is 363 g/mol. The Bertz CT molecular complexity index is 954. The summed E-state index contributed by atoms with van der Waals surface area (Å²) in [6.07, 6.45) is -0.445. The van der Waals surface area contributed by atoms with Gasteiger partial charge in [-0.25, -0.2) is 4.68 Å². The summed E-state index contributed by atoms with van der Waals surface area (Å²) in [5.41, 5.74) is 4.07. The Morgan fingerprint density at radius 3 is 2.36 bits per heavy atom. The fourth-order valence-electron chi connectivity index (χ4n) is 3.61. The number of alkyl halides is 3. The van der Waals surface area contributed by atoms with Crippen LogP contribution in [0.1, 0.15) is 36.5 Å². The highest BCUT2D eigenvalue weighted by atomic mass is 19.4. The summed E-state index contributed by atoms with van der Waals surface area (Å²) in [6.45, 7) is 2.97. The number of benzene rings is 2. The molecule has 0 saturated heterocycles. The minimum absolute atomic E-state index is 0.643. The Morgan fingerprint density at radius 2 is 1.71 bits per heavy atom. The Hall–Kier alpha value is -2.76. The zero-order valence-corrected chi connectivity index (χ0v) is 15.7. The summed E-state index contributed by atoms with van der Waals surface area (Å²) in [4.78, 5) is 0. The average molecular weight is 385 g/mol. The van der Waals surface area contributed by atoms with Crippen molar-refractivity contribution in [1.29, 1.82) is 0 Å². The second-order valence-electron chi connectivity index (χ2n) is 7.07. The zero-order chi connectivity index (χ0) is 19.7. The van der Waals surface area contributed by atoms with Gasteiger partial charge in [0, 0.05) is 17.7 Å². The van der Waals surface area contributed by atoms with Crippen LogP contribution in [-0.4, -0.2) is 16.3 Å². The predicted octanol–water partition coefficient (Wildman–Crippen LogP) is 5.87. The van der Waals surface area contributed by atoms with Gasteiger partial charge in [0.1, 0.15) is 5.82 Å². The quantitative estimate of drug-likeness (QED) is 0.611. The van der Waals surface area contributed by atoms with E-state index in [-0.39, 0.29) is 0 Å². The lowest BCUT2D eigenvalue weighted by Gasteiger charge is -2.09. The van der Waals surface area contributed by atoms with Crippen molar-refractivity contribution in [3.05, 3.63) is 65.2 Å². The maximum Gasteiger partial charge on any atom is 0.416 e. The van der Waals surface area contributed by atoms with Crippen molar-refractivity contribution in [3.63, 3.8) is 0 Å². The van der Waals surface area contributed by atoms with Crippen molar-refractivity contribution in [3.8, 4) is 16.9 Å². The van der Waals surface area contributed by atoms with Crippen LogP contribution in [0.3, 0.4) is 0 Å². The lowest BCUT2D eigenvalue weighted by atomic mass is 10.0. The Balaban J connectivity index is 1.80. The molecule has 4 rings (SSSR count). The Morgan fingerprint density at radius 1 is 1.00 bits per heavy atom. The number of nitrogens with one attached hydrogen (secondary N) is 1. The van der Waals surface area contributed by atoms with Crippen LogP contribution < -0.4 is 5.32 Å². The van der Waals surface area contributed by atoms with Crippen LogP contribution in [0, 0.1) is 0 Å². The number of nitrogens with zero attached hydrogens (tertiary/aromatic N) is 2. The first-order valence-corrected chi connectivity index (χ1v) is 9.60. The molecule has 28 heavy (non-hydrogen) atoms. The van der Waals surface area contributed by atoms with Crippen LogP contribution in [0.25, 0.3) is 16.9 Å². The standard InChI is InChI=1S/C22H22F3N3/c1-2-15-6-12-18(13-7-15)28-21-19(5-3-4-14-26-21)20(27-28)16-8-10-17(11-9-16)22(23,24)25/h6-13,26H,2-5,14H2,1H3. The van der Waals surface area contributed by atoms with Gasteiger partial charge in [-0.1, -0.05) is 31.2 Å². The molecule has 0 fully saturated rings. The fourth-order valence-corrected chi connectivity index (χ4v) is 3.61. The molecule has 0 bridgehead atoms. The third kappa shape index (κ3) is 3.51. The molecule has 2 heterocycles. The van der Waals surface area contributed by atoms with Crippen LogP contribution >= 0.6 is 0 Å². The van der Waals surface area contributed by atoms with E-state index in [4.69, 9.17) is 5.10 Å². The number of rotatable bonds is 3. The molecule has 6 heteroatoms. The highest BCUT2D eigenvalue weighted by molar-refractivity contribution is 5.71. The number of hydrogen-bond donors (Lipinski definition) is 1. The van der Waals surface area contributed by atoms with E-state index in [2.05, 4.69) is 24.4 Å². The second-order valence-corrected chi connectivity index (χ2v) is 7.07. The maximum atomic E-state index is 12.9. The highest BCUT2D eigenvalue weighted by Crippen LogP contribution is 2.36. The first kappa shape index (κ1) is 18.6. The molecule has 2 aromatic carbocycles. The molecule has 0 spiro atoms. The van der Waals surface area contributed by atoms with Crippen molar-refractivity contribution >= 4 is 5.82 Å². The third-order valence-corrected chi connectivity index (χ3v) is 5.20. The molecule has 1 aliphatic heterocycles. The number of hydrogen-bond acceptors (Lipinski definition) is 2. The molecule has 0 unspecified atom stereocenters. The van der Waals surface area contributed by atoms with Gasteiger partial charge in [-0.05, 0) is 55.5 Å². The molecule has 1 aromatic heterocycles. The van der Waals surface area contributed by atoms with E-state index in [0.29, 0.717) is 5.56 Å². The molecule has 0 saturated carbocycles. The number of halogens is 3. The average Bonchev–Trinajstić information content (AvgIpc) is 2.88. The van der Waals surface area contributed by atoms with E-state index in [1.807, 2.05) is 16.8 Å². The molecule has 3 nitrogen and oxygen atoms in total. The minimum atomic E-state index is -4.34. The number of anilines is 1. The topological polar surface area (TPSA) is 29.9 Å². The molecule has 0 aliphatic carbocycles. The van der Waals surface area contributed by atoms with E-state index in [1.165, 1.54) is 17.7 Å². The lowest BCUT2D eigenvalue weighted by molar-refractivity contribution is -0.137. The smallest absolute Gasteiger partial charge is 0.370 e. The largest absolute Gasteiger partial charge is 0.416 e. The number of fused-ring (bicyclic) bond motifs is 1. The van der Waals surface area contributed by atoms with Gasteiger partial charge in [0.15, 0.2) is 0 Å². The van der Waals surface area contributed by atoms with E-state index in [0.717, 1.165) is 67.1 Å². The summed E-state index contributed by atoms with van der Waals surface area (Å²) in [7, 11) is 0. The molecule has 1 aliphatic rings. The first-order valence-electron chi connectivity index (χ1n) is 9.60. The van der Waals surface area contributed by atoms with E-state index in [1.54, 1.807) is 0 Å². The van der Waals surface area contributed by atoms with E-state index in [9.17, 15) is 13.2 Å². The lowest BCUT2D eigenvalue weighted by Crippen LogP contribution is -2.07. The maximum absolute atomic E-state index is 12.9. The summed E-state index contributed by atoms with van der Waals surface area (Å²) in [5.74, 6) is 0.941. The number of aryl methyl sites for hydroxylation is 1. The summed E-state index contributed by atoms with van der Waals surface area (Å²) >= 11 is 0. The molecule has 3 aromatic rings. The first-order chi connectivity index (χ1) is 13.5. The van der Waals surface area contributed by atoms with Crippen molar-refractivity contribution in [2.45, 2.75) is 38.8 Å². The zero-order valence-electron chi connectivity index (χ0n) is 15.7. The van der Waals surface area contributed by atoms with E-state index < -0.39 is 11.7 Å². The SMILES string of the molecule is CCc1ccc(-n2nc(-c3ccc(C(F)(F)F)cc3)c3c2NCCCC3)cc1. The fraction of sp³-hybridized carbons (Fsp3) is 0.318. The van der Waals surface area contributed by atoms with Crippen molar-refractivity contribution in [2.24, 2.45) is 0 Å². The van der Waals surface area contributed by atoms with Crippen molar-refractivity contribution < 1.29 is 13.2 Å². The van der Waals surface area contributed by atoms with Gasteiger partial charge in [0.2, 0.25) is 0 Å². The molecule has 146 valence electrons. The van der Waals surface area contributed by atoms with Crippen LogP contribution in [0.4, 0.5) is 19.0 Å². The monoisotopic (exact) mass is 385 g/mol.